The maximum atomic E-state index is 11.6. The van der Waals surface area contributed by atoms with Crippen LogP contribution in [-0.4, -0.2) is 28.3 Å². The van der Waals surface area contributed by atoms with Crippen LogP contribution in [0.3, 0.4) is 0 Å². The van der Waals surface area contributed by atoms with Crippen LogP contribution >= 0.6 is 0 Å². The molecule has 1 aliphatic rings. The zero-order valence-corrected chi connectivity index (χ0v) is 11.7. The van der Waals surface area contributed by atoms with Gasteiger partial charge in [-0.05, 0) is 49.4 Å². The Labute approximate surface area is 108 Å². The van der Waals surface area contributed by atoms with Crippen molar-refractivity contribution in [2.75, 3.05) is 25.6 Å². The van der Waals surface area contributed by atoms with Crippen LogP contribution in [0.4, 0.5) is 5.69 Å². The van der Waals surface area contributed by atoms with Crippen molar-refractivity contribution in [1.29, 1.82) is 0 Å². The molecule has 0 aromatic heterocycles. The fourth-order valence-electron chi connectivity index (χ4n) is 2.41. The highest BCUT2D eigenvalue weighted by molar-refractivity contribution is 7.90. The van der Waals surface area contributed by atoms with Gasteiger partial charge in [-0.25, -0.2) is 8.42 Å². The van der Waals surface area contributed by atoms with Gasteiger partial charge in [-0.1, -0.05) is 6.07 Å². The van der Waals surface area contributed by atoms with Crippen LogP contribution in [0, 0.1) is 5.41 Å². The molecule has 0 atom stereocenters. The minimum atomic E-state index is -3.24. The van der Waals surface area contributed by atoms with E-state index in [0.29, 0.717) is 11.1 Å². The van der Waals surface area contributed by atoms with Gasteiger partial charge in [-0.15, -0.1) is 0 Å². The second-order valence-electron chi connectivity index (χ2n) is 5.35. The molecule has 0 unspecified atom stereocenters. The molecule has 5 heteroatoms. The lowest BCUT2D eigenvalue weighted by Gasteiger charge is -2.15. The summed E-state index contributed by atoms with van der Waals surface area (Å²) in [7, 11) is -1.29. The zero-order valence-electron chi connectivity index (χ0n) is 10.9. The van der Waals surface area contributed by atoms with E-state index in [1.165, 1.54) is 19.1 Å². The van der Waals surface area contributed by atoms with Crippen molar-refractivity contribution in [2.45, 2.75) is 24.2 Å². The van der Waals surface area contributed by atoms with E-state index in [1.807, 2.05) is 13.1 Å². The number of hydrogen-bond donors (Lipinski definition) is 2. The van der Waals surface area contributed by atoms with Gasteiger partial charge in [0.15, 0.2) is 9.84 Å². The SMILES string of the molecule is CNCC1(Cc2ccc(N)c(S(C)(=O)=O)c2)CC1. The number of benzene rings is 1. The molecule has 100 valence electrons. The van der Waals surface area contributed by atoms with E-state index in [9.17, 15) is 8.42 Å². The second-order valence-corrected chi connectivity index (χ2v) is 7.34. The van der Waals surface area contributed by atoms with Gasteiger partial charge in [0.05, 0.1) is 10.6 Å². The van der Waals surface area contributed by atoms with Crippen LogP contribution in [0.25, 0.3) is 0 Å². The summed E-state index contributed by atoms with van der Waals surface area (Å²) in [4.78, 5) is 0.250. The summed E-state index contributed by atoms with van der Waals surface area (Å²) in [6.45, 7) is 0.978. The Hall–Kier alpha value is -1.07. The normalized spacial score (nSPS) is 17.7. The Bertz CT molecular complexity index is 548. The first-order chi connectivity index (χ1) is 8.36. The maximum Gasteiger partial charge on any atom is 0.177 e. The van der Waals surface area contributed by atoms with Crippen molar-refractivity contribution in [3.05, 3.63) is 23.8 Å². The topological polar surface area (TPSA) is 72.2 Å². The summed E-state index contributed by atoms with van der Waals surface area (Å²) in [5, 5.41) is 3.20. The van der Waals surface area contributed by atoms with Gasteiger partial charge < -0.3 is 11.1 Å². The summed E-state index contributed by atoms with van der Waals surface area (Å²) >= 11 is 0. The smallest absolute Gasteiger partial charge is 0.177 e. The lowest BCUT2D eigenvalue weighted by Crippen LogP contribution is -2.22. The van der Waals surface area contributed by atoms with Crippen molar-refractivity contribution in [2.24, 2.45) is 5.41 Å². The van der Waals surface area contributed by atoms with E-state index in [4.69, 9.17) is 5.73 Å². The molecule has 3 N–H and O–H groups in total. The number of nitrogens with one attached hydrogen (secondary N) is 1. The minimum Gasteiger partial charge on any atom is -0.398 e. The van der Waals surface area contributed by atoms with Crippen LogP contribution in [0.2, 0.25) is 0 Å². The minimum absolute atomic E-state index is 0.250. The van der Waals surface area contributed by atoms with Crippen LogP contribution < -0.4 is 11.1 Å². The zero-order chi connectivity index (χ0) is 13.4. The van der Waals surface area contributed by atoms with Crippen molar-refractivity contribution >= 4 is 15.5 Å². The Morgan fingerprint density at radius 3 is 2.56 bits per heavy atom. The Kier molecular flexibility index (Phi) is 3.38. The number of nitrogen functional groups attached to an aromatic ring is 1. The van der Waals surface area contributed by atoms with Crippen molar-refractivity contribution < 1.29 is 8.42 Å². The standard InChI is InChI=1S/C13H20N2O2S/c1-15-9-13(5-6-13)8-10-3-4-11(14)12(7-10)18(2,16)17/h3-4,7,15H,5-6,8-9,14H2,1-2H3. The molecule has 1 aromatic carbocycles. The van der Waals surface area contributed by atoms with Gasteiger partial charge >= 0.3 is 0 Å². The van der Waals surface area contributed by atoms with E-state index in [1.54, 1.807) is 12.1 Å². The summed E-state index contributed by atoms with van der Waals surface area (Å²) in [6, 6.07) is 5.35. The Morgan fingerprint density at radius 2 is 2.06 bits per heavy atom. The van der Waals surface area contributed by atoms with Crippen LogP contribution in [0.5, 0.6) is 0 Å². The molecule has 0 amide bonds. The molecule has 18 heavy (non-hydrogen) atoms. The summed E-state index contributed by atoms with van der Waals surface area (Å²) in [5.74, 6) is 0. The number of sulfone groups is 1. The molecule has 4 nitrogen and oxygen atoms in total. The van der Waals surface area contributed by atoms with Gasteiger partial charge in [-0.2, -0.15) is 0 Å². The molecule has 2 rings (SSSR count). The fraction of sp³-hybridized carbons (Fsp3) is 0.538. The number of hydrogen-bond acceptors (Lipinski definition) is 4. The predicted octanol–water partition coefficient (Wildman–Crippen LogP) is 1.21. The highest BCUT2D eigenvalue weighted by Crippen LogP contribution is 2.48. The van der Waals surface area contributed by atoms with Crippen LogP contribution in [0.1, 0.15) is 18.4 Å². The van der Waals surface area contributed by atoms with E-state index in [0.717, 1.165) is 18.5 Å². The van der Waals surface area contributed by atoms with Gasteiger partial charge in [-0.3, -0.25) is 0 Å². The van der Waals surface area contributed by atoms with Crippen molar-refractivity contribution in [3.8, 4) is 0 Å². The second kappa shape index (κ2) is 4.55. The van der Waals surface area contributed by atoms with Crippen LogP contribution in [-0.2, 0) is 16.3 Å². The first kappa shape index (κ1) is 13.4. The average Bonchev–Trinajstić information content (AvgIpc) is 3.00. The Morgan fingerprint density at radius 1 is 1.39 bits per heavy atom. The third-order valence-electron chi connectivity index (χ3n) is 3.57. The quantitative estimate of drug-likeness (QED) is 0.788. The summed E-state index contributed by atoms with van der Waals surface area (Å²) in [6.07, 6.45) is 4.51. The number of rotatable bonds is 5. The molecule has 0 aliphatic heterocycles. The molecule has 0 bridgehead atoms. The first-order valence-corrected chi connectivity index (χ1v) is 7.99. The van der Waals surface area contributed by atoms with Gasteiger partial charge in [0.25, 0.3) is 0 Å². The highest BCUT2D eigenvalue weighted by Gasteiger charge is 2.41. The van der Waals surface area contributed by atoms with Crippen molar-refractivity contribution in [1.82, 2.24) is 5.32 Å². The maximum absolute atomic E-state index is 11.6. The molecular formula is C13H20N2O2S. The number of anilines is 1. The third-order valence-corrected chi connectivity index (χ3v) is 4.72. The Balaban J connectivity index is 2.26. The summed E-state index contributed by atoms with van der Waals surface area (Å²) in [5.41, 5.74) is 7.43. The average molecular weight is 268 g/mol. The van der Waals surface area contributed by atoms with E-state index in [-0.39, 0.29) is 4.90 Å². The molecule has 1 aromatic rings. The van der Waals surface area contributed by atoms with Crippen molar-refractivity contribution in [3.63, 3.8) is 0 Å². The molecule has 0 spiro atoms. The summed E-state index contributed by atoms with van der Waals surface area (Å²) < 4.78 is 23.2. The van der Waals surface area contributed by atoms with Crippen LogP contribution in [0.15, 0.2) is 23.1 Å². The fourth-order valence-corrected chi connectivity index (χ4v) is 3.27. The molecule has 0 heterocycles. The predicted molar refractivity (Wildman–Crippen MR) is 73.3 cm³/mol. The lowest BCUT2D eigenvalue weighted by molar-refractivity contribution is 0.478. The molecule has 1 fully saturated rings. The molecule has 1 saturated carbocycles. The first-order valence-electron chi connectivity index (χ1n) is 6.09. The molecule has 0 saturated heterocycles. The molecule has 1 aliphatic carbocycles. The number of nitrogens with two attached hydrogens (primary N) is 1. The van der Waals surface area contributed by atoms with E-state index in [2.05, 4.69) is 5.32 Å². The third kappa shape index (κ3) is 2.84. The molecular weight excluding hydrogens is 248 g/mol. The highest BCUT2D eigenvalue weighted by atomic mass is 32.2. The molecule has 0 radical (unpaired) electrons. The largest absolute Gasteiger partial charge is 0.398 e. The van der Waals surface area contributed by atoms with Gasteiger partial charge in [0.2, 0.25) is 0 Å². The monoisotopic (exact) mass is 268 g/mol. The van der Waals surface area contributed by atoms with Gasteiger partial charge in [0.1, 0.15) is 0 Å². The van der Waals surface area contributed by atoms with E-state index < -0.39 is 9.84 Å². The lowest BCUT2D eigenvalue weighted by atomic mass is 9.96. The van der Waals surface area contributed by atoms with E-state index >= 15 is 0 Å². The van der Waals surface area contributed by atoms with Gasteiger partial charge in [0, 0.05) is 12.8 Å².